The number of thioether (sulfide) groups is 1. The summed E-state index contributed by atoms with van der Waals surface area (Å²) in [5.74, 6) is 0. The molecular weight excluding hydrogens is 202 g/mol. The summed E-state index contributed by atoms with van der Waals surface area (Å²) in [6.45, 7) is 2.44. The molecule has 0 aromatic carbocycles. The normalized spacial score (nSPS) is 26.1. The van der Waals surface area contributed by atoms with E-state index in [4.69, 9.17) is 0 Å². The van der Waals surface area contributed by atoms with Gasteiger partial charge < -0.3 is 5.32 Å². The van der Waals surface area contributed by atoms with E-state index in [1.807, 2.05) is 18.0 Å². The van der Waals surface area contributed by atoms with E-state index in [-0.39, 0.29) is 0 Å². The average molecular weight is 223 g/mol. The summed E-state index contributed by atoms with van der Waals surface area (Å²) < 4.78 is 0. The van der Waals surface area contributed by atoms with E-state index < -0.39 is 0 Å². The Labute approximate surface area is 97.4 Å². The van der Waals surface area contributed by atoms with Crippen LogP contribution in [0.1, 0.15) is 51.9 Å². The van der Waals surface area contributed by atoms with Crippen LogP contribution >= 0.6 is 11.8 Å². The molecule has 0 unspecified atom stereocenters. The Balaban J connectivity index is 2.04. The van der Waals surface area contributed by atoms with Gasteiger partial charge >= 0.3 is 0 Å². The molecular formula is C13H21NS. The van der Waals surface area contributed by atoms with E-state index in [1.54, 1.807) is 0 Å². The molecule has 2 heteroatoms. The molecule has 0 spiro atoms. The van der Waals surface area contributed by atoms with Gasteiger partial charge in [-0.05, 0) is 18.2 Å². The van der Waals surface area contributed by atoms with Gasteiger partial charge in [-0.3, -0.25) is 0 Å². The van der Waals surface area contributed by atoms with E-state index >= 15 is 0 Å². The van der Waals surface area contributed by atoms with Crippen LogP contribution in [0.15, 0.2) is 22.7 Å². The van der Waals surface area contributed by atoms with Crippen LogP contribution in [0.4, 0.5) is 0 Å². The topological polar surface area (TPSA) is 12.0 Å². The van der Waals surface area contributed by atoms with Crippen LogP contribution < -0.4 is 5.32 Å². The molecule has 1 aliphatic carbocycles. The number of allylic oxidation sites excluding steroid dienone is 1. The number of hydrogen-bond donors (Lipinski definition) is 1. The van der Waals surface area contributed by atoms with Crippen molar-refractivity contribution in [3.05, 3.63) is 22.7 Å². The van der Waals surface area contributed by atoms with Crippen molar-refractivity contribution >= 4 is 11.8 Å². The molecule has 15 heavy (non-hydrogen) atoms. The quantitative estimate of drug-likeness (QED) is 0.707. The summed E-state index contributed by atoms with van der Waals surface area (Å²) >= 11 is 1.90. The molecule has 1 nitrogen and oxygen atoms in total. The first-order valence-corrected chi connectivity index (χ1v) is 6.98. The van der Waals surface area contributed by atoms with E-state index in [0.29, 0.717) is 5.41 Å². The SMILES string of the molecule is CC1(C2=CNC=CS2)CCCCCCC1. The molecule has 1 heterocycles. The lowest BCUT2D eigenvalue weighted by molar-refractivity contribution is 0.302. The van der Waals surface area contributed by atoms with Crippen molar-refractivity contribution in [2.75, 3.05) is 0 Å². The van der Waals surface area contributed by atoms with Crippen molar-refractivity contribution in [3.8, 4) is 0 Å². The van der Waals surface area contributed by atoms with Gasteiger partial charge in [-0.2, -0.15) is 0 Å². The van der Waals surface area contributed by atoms with Crippen LogP contribution in [0.5, 0.6) is 0 Å². The number of hydrogen-bond acceptors (Lipinski definition) is 2. The van der Waals surface area contributed by atoms with Gasteiger partial charge in [-0.1, -0.05) is 50.8 Å². The molecule has 0 bridgehead atoms. The first kappa shape index (κ1) is 11.1. The Morgan fingerprint density at radius 2 is 1.80 bits per heavy atom. The molecule has 0 aromatic rings. The minimum atomic E-state index is 0.433. The Kier molecular flexibility index (Phi) is 3.79. The molecule has 0 saturated heterocycles. The second-order valence-corrected chi connectivity index (χ2v) is 5.87. The maximum Gasteiger partial charge on any atom is 0.0111 e. The van der Waals surface area contributed by atoms with Crippen molar-refractivity contribution < 1.29 is 0 Å². The number of nitrogens with one attached hydrogen (secondary N) is 1. The molecule has 1 N–H and O–H groups in total. The fourth-order valence-electron chi connectivity index (χ4n) is 2.55. The van der Waals surface area contributed by atoms with Gasteiger partial charge in [0.1, 0.15) is 0 Å². The van der Waals surface area contributed by atoms with Crippen molar-refractivity contribution in [1.29, 1.82) is 0 Å². The Hall–Kier alpha value is -0.370. The summed E-state index contributed by atoms with van der Waals surface area (Å²) in [6.07, 6.45) is 14.0. The first-order chi connectivity index (χ1) is 7.31. The molecule has 1 saturated carbocycles. The van der Waals surface area contributed by atoms with Crippen LogP contribution in [-0.4, -0.2) is 0 Å². The Morgan fingerprint density at radius 1 is 1.13 bits per heavy atom. The lowest BCUT2D eigenvalue weighted by atomic mass is 9.77. The molecule has 1 fully saturated rings. The van der Waals surface area contributed by atoms with E-state index in [0.717, 1.165) is 0 Å². The third-order valence-corrected chi connectivity index (χ3v) is 4.76. The van der Waals surface area contributed by atoms with Crippen LogP contribution in [0, 0.1) is 5.41 Å². The minimum absolute atomic E-state index is 0.433. The Bertz CT molecular complexity index is 260. The molecule has 84 valence electrons. The highest BCUT2D eigenvalue weighted by atomic mass is 32.2. The zero-order chi connectivity index (χ0) is 10.6. The fraction of sp³-hybridized carbons (Fsp3) is 0.692. The minimum Gasteiger partial charge on any atom is -0.366 e. The zero-order valence-electron chi connectivity index (χ0n) is 9.59. The summed E-state index contributed by atoms with van der Waals surface area (Å²) in [4.78, 5) is 1.53. The van der Waals surface area contributed by atoms with Crippen molar-refractivity contribution in [2.24, 2.45) is 5.41 Å². The van der Waals surface area contributed by atoms with E-state index in [9.17, 15) is 0 Å². The lowest BCUT2D eigenvalue weighted by Gasteiger charge is -2.34. The van der Waals surface area contributed by atoms with Gasteiger partial charge in [0, 0.05) is 22.7 Å². The summed E-state index contributed by atoms with van der Waals surface area (Å²) in [5.41, 5.74) is 0.433. The predicted molar refractivity (Wildman–Crippen MR) is 68.4 cm³/mol. The van der Waals surface area contributed by atoms with Gasteiger partial charge in [0.15, 0.2) is 0 Å². The summed E-state index contributed by atoms with van der Waals surface area (Å²) in [7, 11) is 0. The van der Waals surface area contributed by atoms with Crippen LogP contribution in [0.25, 0.3) is 0 Å². The second kappa shape index (κ2) is 5.11. The van der Waals surface area contributed by atoms with Crippen LogP contribution in [0.3, 0.4) is 0 Å². The third kappa shape index (κ3) is 2.81. The van der Waals surface area contributed by atoms with Crippen LogP contribution in [-0.2, 0) is 0 Å². The highest BCUT2D eigenvalue weighted by Gasteiger charge is 2.29. The first-order valence-electron chi connectivity index (χ1n) is 6.10. The third-order valence-electron chi connectivity index (χ3n) is 3.63. The monoisotopic (exact) mass is 223 g/mol. The van der Waals surface area contributed by atoms with E-state index in [2.05, 4.69) is 23.8 Å². The molecule has 0 atom stereocenters. The van der Waals surface area contributed by atoms with Gasteiger partial charge in [0.25, 0.3) is 0 Å². The fourth-order valence-corrected chi connectivity index (χ4v) is 3.47. The maximum absolute atomic E-state index is 3.23. The summed E-state index contributed by atoms with van der Waals surface area (Å²) in [5, 5.41) is 5.40. The maximum atomic E-state index is 3.23. The molecule has 0 radical (unpaired) electrons. The molecule has 1 aliphatic heterocycles. The van der Waals surface area contributed by atoms with Crippen LogP contribution in [0.2, 0.25) is 0 Å². The second-order valence-electron chi connectivity index (χ2n) is 4.92. The van der Waals surface area contributed by atoms with E-state index in [1.165, 1.54) is 49.9 Å². The molecule has 0 aromatic heterocycles. The standard InChI is InChI=1S/C13H21NS/c1-13(12-11-14-9-10-15-12)7-5-3-2-4-6-8-13/h9-11,14H,2-8H2,1H3. The largest absolute Gasteiger partial charge is 0.366 e. The van der Waals surface area contributed by atoms with Crippen molar-refractivity contribution in [2.45, 2.75) is 51.9 Å². The molecule has 2 rings (SSSR count). The molecule has 0 amide bonds. The van der Waals surface area contributed by atoms with Crippen molar-refractivity contribution in [1.82, 2.24) is 5.32 Å². The highest BCUT2D eigenvalue weighted by Crippen LogP contribution is 2.45. The smallest absolute Gasteiger partial charge is 0.0111 e. The molecule has 2 aliphatic rings. The van der Waals surface area contributed by atoms with Gasteiger partial charge in [-0.25, -0.2) is 0 Å². The zero-order valence-corrected chi connectivity index (χ0v) is 10.4. The average Bonchev–Trinajstić information content (AvgIpc) is 2.25. The van der Waals surface area contributed by atoms with Gasteiger partial charge in [-0.15, -0.1) is 0 Å². The Morgan fingerprint density at radius 3 is 2.40 bits per heavy atom. The van der Waals surface area contributed by atoms with Crippen molar-refractivity contribution in [3.63, 3.8) is 0 Å². The van der Waals surface area contributed by atoms with Gasteiger partial charge in [0.2, 0.25) is 0 Å². The predicted octanol–water partition coefficient (Wildman–Crippen LogP) is 4.39. The lowest BCUT2D eigenvalue weighted by Crippen LogP contribution is -2.21. The number of rotatable bonds is 1. The highest BCUT2D eigenvalue weighted by molar-refractivity contribution is 8.05. The van der Waals surface area contributed by atoms with Gasteiger partial charge in [0.05, 0.1) is 0 Å². The summed E-state index contributed by atoms with van der Waals surface area (Å²) in [6, 6.07) is 0.